The summed E-state index contributed by atoms with van der Waals surface area (Å²) < 4.78 is 43.5. The van der Waals surface area contributed by atoms with Gasteiger partial charge in [-0.15, -0.1) is 0 Å². The molecule has 0 radical (unpaired) electrons. The monoisotopic (exact) mass is 270 g/mol. The maximum Gasteiger partial charge on any atom is 0.416 e. The molecule has 0 amide bonds. The Morgan fingerprint density at radius 3 is 2.79 bits per heavy atom. The van der Waals surface area contributed by atoms with Crippen LogP contribution in [0.15, 0.2) is 22.6 Å². The Bertz CT molecular complexity index is 612. The normalized spacial score (nSPS) is 24.2. The van der Waals surface area contributed by atoms with Gasteiger partial charge in [0.05, 0.1) is 11.1 Å². The molecule has 0 spiro atoms. The van der Waals surface area contributed by atoms with Gasteiger partial charge in [0, 0.05) is 0 Å². The van der Waals surface area contributed by atoms with Crippen LogP contribution in [0.5, 0.6) is 0 Å². The van der Waals surface area contributed by atoms with E-state index in [2.05, 4.69) is 10.3 Å². The molecule has 1 aliphatic heterocycles. The number of rotatable bonds is 1. The van der Waals surface area contributed by atoms with Crippen molar-refractivity contribution in [1.29, 1.82) is 0 Å². The third-order valence-corrected chi connectivity index (χ3v) is 3.56. The number of aromatic nitrogens is 1. The maximum atomic E-state index is 12.6. The van der Waals surface area contributed by atoms with E-state index in [1.54, 1.807) is 0 Å². The van der Waals surface area contributed by atoms with E-state index in [1.807, 2.05) is 6.92 Å². The maximum absolute atomic E-state index is 12.6. The number of hydrogen-bond donors (Lipinski definition) is 1. The molecule has 1 aromatic carbocycles. The van der Waals surface area contributed by atoms with E-state index in [1.165, 1.54) is 6.07 Å². The Hall–Kier alpha value is -1.56. The summed E-state index contributed by atoms with van der Waals surface area (Å²) in [5, 5.41) is 3.28. The molecular weight excluding hydrogens is 257 g/mol. The van der Waals surface area contributed by atoms with Gasteiger partial charge in [-0.05, 0) is 44.5 Å². The summed E-state index contributed by atoms with van der Waals surface area (Å²) >= 11 is 0. The number of nitrogens with zero attached hydrogens (tertiary/aromatic N) is 1. The van der Waals surface area contributed by atoms with Crippen LogP contribution in [-0.2, 0) is 11.7 Å². The zero-order valence-electron chi connectivity index (χ0n) is 10.3. The molecule has 1 saturated heterocycles. The molecule has 0 aliphatic carbocycles. The van der Waals surface area contributed by atoms with E-state index in [0.717, 1.165) is 31.5 Å². The van der Waals surface area contributed by atoms with E-state index in [0.29, 0.717) is 11.5 Å². The van der Waals surface area contributed by atoms with Crippen LogP contribution in [0.3, 0.4) is 0 Å². The summed E-state index contributed by atoms with van der Waals surface area (Å²) in [5.74, 6) is 0.458. The lowest BCUT2D eigenvalue weighted by molar-refractivity contribution is -0.137. The molecular formula is C13H13F3N2O. The second-order valence-corrected chi connectivity index (χ2v) is 5.06. The first-order chi connectivity index (χ1) is 8.88. The van der Waals surface area contributed by atoms with Crippen molar-refractivity contribution in [2.24, 2.45) is 0 Å². The molecule has 0 saturated carbocycles. The fourth-order valence-electron chi connectivity index (χ4n) is 2.42. The van der Waals surface area contributed by atoms with E-state index >= 15 is 0 Å². The number of fused-ring (bicyclic) bond motifs is 1. The third-order valence-electron chi connectivity index (χ3n) is 3.56. The van der Waals surface area contributed by atoms with Gasteiger partial charge in [0.15, 0.2) is 5.58 Å². The third kappa shape index (κ3) is 2.10. The molecule has 3 rings (SSSR count). The summed E-state index contributed by atoms with van der Waals surface area (Å²) in [6, 6.07) is 3.37. The number of hydrogen-bond acceptors (Lipinski definition) is 3. The molecule has 1 aliphatic rings. The molecule has 1 unspecified atom stereocenters. The van der Waals surface area contributed by atoms with Crippen molar-refractivity contribution in [1.82, 2.24) is 10.3 Å². The molecule has 1 N–H and O–H groups in total. The van der Waals surface area contributed by atoms with Crippen molar-refractivity contribution in [3.8, 4) is 0 Å². The van der Waals surface area contributed by atoms with Gasteiger partial charge in [0.25, 0.3) is 0 Å². The van der Waals surface area contributed by atoms with Crippen molar-refractivity contribution < 1.29 is 17.6 Å². The quantitative estimate of drug-likeness (QED) is 0.862. The Morgan fingerprint density at radius 2 is 2.16 bits per heavy atom. The summed E-state index contributed by atoms with van der Waals surface area (Å²) in [5.41, 5.74) is -0.445. The number of benzene rings is 1. The predicted octanol–water partition coefficient (Wildman–Crippen LogP) is 3.45. The van der Waals surface area contributed by atoms with Gasteiger partial charge in [-0.1, -0.05) is 0 Å². The standard InChI is InChI=1S/C13H13F3N2O/c1-12(5-2-6-17-12)11-18-9-7-8(13(14,15)16)3-4-10(9)19-11/h3-4,7,17H,2,5-6H2,1H3. The minimum absolute atomic E-state index is 0.250. The first-order valence-corrected chi connectivity index (χ1v) is 6.12. The largest absolute Gasteiger partial charge is 0.439 e. The predicted molar refractivity (Wildman–Crippen MR) is 63.6 cm³/mol. The van der Waals surface area contributed by atoms with Crippen LogP contribution in [0.4, 0.5) is 13.2 Å². The summed E-state index contributed by atoms with van der Waals surface area (Å²) in [7, 11) is 0. The molecule has 1 atom stereocenters. The Morgan fingerprint density at radius 1 is 1.37 bits per heavy atom. The van der Waals surface area contributed by atoms with Gasteiger partial charge in [-0.2, -0.15) is 13.2 Å². The molecule has 102 valence electrons. The minimum Gasteiger partial charge on any atom is -0.439 e. The van der Waals surface area contributed by atoms with Crippen LogP contribution < -0.4 is 5.32 Å². The van der Waals surface area contributed by atoms with E-state index < -0.39 is 11.7 Å². The van der Waals surface area contributed by atoms with E-state index in [4.69, 9.17) is 4.42 Å². The van der Waals surface area contributed by atoms with Crippen LogP contribution in [0.1, 0.15) is 31.2 Å². The van der Waals surface area contributed by atoms with Crippen molar-refractivity contribution in [3.63, 3.8) is 0 Å². The highest BCUT2D eigenvalue weighted by Crippen LogP contribution is 2.34. The zero-order valence-corrected chi connectivity index (χ0v) is 10.3. The number of nitrogens with one attached hydrogen (secondary N) is 1. The van der Waals surface area contributed by atoms with E-state index in [9.17, 15) is 13.2 Å². The molecule has 2 heterocycles. The van der Waals surface area contributed by atoms with Crippen LogP contribution in [0.2, 0.25) is 0 Å². The fraction of sp³-hybridized carbons (Fsp3) is 0.462. The second kappa shape index (κ2) is 3.96. The molecule has 1 fully saturated rings. The topological polar surface area (TPSA) is 38.1 Å². The SMILES string of the molecule is CC1(c2nc3cc(C(F)(F)F)ccc3o2)CCCN1. The Kier molecular flexibility index (Phi) is 2.60. The lowest BCUT2D eigenvalue weighted by atomic mass is 10.0. The van der Waals surface area contributed by atoms with Crippen molar-refractivity contribution in [2.45, 2.75) is 31.5 Å². The van der Waals surface area contributed by atoms with Crippen molar-refractivity contribution in [2.75, 3.05) is 6.54 Å². The summed E-state index contributed by atoms with van der Waals surface area (Å²) in [6.07, 6.45) is -2.49. The van der Waals surface area contributed by atoms with Crippen molar-refractivity contribution >= 4 is 11.1 Å². The number of alkyl halides is 3. The van der Waals surface area contributed by atoms with Gasteiger partial charge in [-0.3, -0.25) is 0 Å². The number of halogens is 3. The highest BCUT2D eigenvalue weighted by Gasteiger charge is 2.36. The first kappa shape index (κ1) is 12.5. The van der Waals surface area contributed by atoms with Gasteiger partial charge < -0.3 is 9.73 Å². The van der Waals surface area contributed by atoms with Crippen molar-refractivity contribution in [3.05, 3.63) is 29.7 Å². The highest BCUT2D eigenvalue weighted by molar-refractivity contribution is 5.73. The number of oxazole rings is 1. The fourth-order valence-corrected chi connectivity index (χ4v) is 2.42. The molecule has 6 heteroatoms. The molecule has 3 nitrogen and oxygen atoms in total. The smallest absolute Gasteiger partial charge is 0.416 e. The lowest BCUT2D eigenvalue weighted by Crippen LogP contribution is -2.33. The van der Waals surface area contributed by atoms with E-state index in [-0.39, 0.29) is 11.1 Å². The molecule has 1 aromatic heterocycles. The van der Waals surface area contributed by atoms with Crippen LogP contribution in [0.25, 0.3) is 11.1 Å². The minimum atomic E-state index is -4.36. The second-order valence-electron chi connectivity index (χ2n) is 5.06. The van der Waals surface area contributed by atoms with Gasteiger partial charge in [0.1, 0.15) is 5.52 Å². The summed E-state index contributed by atoms with van der Waals surface area (Å²) in [6.45, 7) is 2.82. The Balaban J connectivity index is 2.06. The Labute approximate surface area is 107 Å². The molecule has 0 bridgehead atoms. The lowest BCUT2D eigenvalue weighted by Gasteiger charge is -2.19. The average Bonchev–Trinajstić information content (AvgIpc) is 2.93. The van der Waals surface area contributed by atoms with Crippen LogP contribution in [-0.4, -0.2) is 11.5 Å². The zero-order chi connectivity index (χ0) is 13.7. The van der Waals surface area contributed by atoms with Crippen LogP contribution >= 0.6 is 0 Å². The van der Waals surface area contributed by atoms with Gasteiger partial charge in [0.2, 0.25) is 5.89 Å². The first-order valence-electron chi connectivity index (χ1n) is 6.12. The average molecular weight is 270 g/mol. The molecule has 2 aromatic rings. The summed E-state index contributed by atoms with van der Waals surface area (Å²) in [4.78, 5) is 4.21. The van der Waals surface area contributed by atoms with Gasteiger partial charge >= 0.3 is 6.18 Å². The molecule has 19 heavy (non-hydrogen) atoms. The van der Waals surface area contributed by atoms with Gasteiger partial charge in [-0.25, -0.2) is 4.98 Å². The highest BCUT2D eigenvalue weighted by atomic mass is 19.4. The van der Waals surface area contributed by atoms with Crippen LogP contribution in [0, 0.1) is 0 Å².